The van der Waals surface area contributed by atoms with Gasteiger partial charge in [0.1, 0.15) is 5.82 Å². The molecule has 1 aromatic heterocycles. The van der Waals surface area contributed by atoms with Gasteiger partial charge in [-0.3, -0.25) is 0 Å². The number of hydrogen-bond acceptors (Lipinski definition) is 4. The summed E-state index contributed by atoms with van der Waals surface area (Å²) in [5.41, 5.74) is 0. The van der Waals surface area contributed by atoms with Gasteiger partial charge in [-0.25, -0.2) is 13.6 Å². The van der Waals surface area contributed by atoms with Crippen LogP contribution in [0.4, 0.5) is 13.2 Å². The summed E-state index contributed by atoms with van der Waals surface area (Å²) in [4.78, 5) is 0. The fourth-order valence-corrected chi connectivity index (χ4v) is 3.28. The highest BCUT2D eigenvalue weighted by atomic mass is 32.2. The van der Waals surface area contributed by atoms with Crippen LogP contribution in [0.25, 0.3) is 0 Å². The number of hydrogen-bond donors (Lipinski definition) is 1. The molecule has 6 nitrogen and oxygen atoms in total. The van der Waals surface area contributed by atoms with E-state index in [9.17, 15) is 21.6 Å². The first-order valence-corrected chi connectivity index (χ1v) is 7.64. The molecule has 10 heteroatoms. The number of rotatable bonds is 2. The molecule has 0 aliphatic heterocycles. The van der Waals surface area contributed by atoms with Crippen molar-refractivity contribution in [2.45, 2.75) is 42.9 Å². The molecule has 1 saturated carbocycles. The van der Waals surface area contributed by atoms with Crippen molar-refractivity contribution in [2.24, 2.45) is 18.1 Å². The molecule has 1 heterocycles. The second kappa shape index (κ2) is 4.99. The Morgan fingerprint density at radius 3 is 2.45 bits per heavy atom. The Labute approximate surface area is 114 Å². The van der Waals surface area contributed by atoms with Crippen LogP contribution in [0.5, 0.6) is 0 Å². The van der Waals surface area contributed by atoms with Crippen molar-refractivity contribution < 1.29 is 21.6 Å². The van der Waals surface area contributed by atoms with E-state index in [2.05, 4.69) is 10.2 Å². The summed E-state index contributed by atoms with van der Waals surface area (Å²) in [6.07, 6.45) is -3.28. The van der Waals surface area contributed by atoms with E-state index in [4.69, 9.17) is 5.14 Å². The van der Waals surface area contributed by atoms with Gasteiger partial charge in [-0.2, -0.15) is 13.2 Å². The number of alkyl halides is 3. The number of sulfonamides is 1. The normalized spacial score (nSPS) is 24.9. The Hall–Kier alpha value is -1.16. The highest BCUT2D eigenvalue weighted by Gasteiger charge is 2.43. The average molecular weight is 312 g/mol. The van der Waals surface area contributed by atoms with Crippen LogP contribution in [0.2, 0.25) is 0 Å². The van der Waals surface area contributed by atoms with Crippen molar-refractivity contribution in [3.05, 3.63) is 5.82 Å². The lowest BCUT2D eigenvalue weighted by atomic mass is 9.80. The molecule has 2 unspecified atom stereocenters. The Kier molecular flexibility index (Phi) is 3.80. The third-order valence-corrected chi connectivity index (χ3v) is 4.49. The van der Waals surface area contributed by atoms with E-state index in [1.807, 2.05) is 0 Å². The second-order valence-electron chi connectivity index (χ2n) is 5.05. The van der Waals surface area contributed by atoms with Gasteiger partial charge in [-0.15, -0.1) is 10.2 Å². The van der Waals surface area contributed by atoms with Gasteiger partial charge in [-0.05, 0) is 19.3 Å². The molecule has 0 radical (unpaired) electrons. The van der Waals surface area contributed by atoms with Gasteiger partial charge in [0, 0.05) is 13.0 Å². The smallest absolute Gasteiger partial charge is 0.304 e. The first-order valence-electron chi connectivity index (χ1n) is 6.09. The van der Waals surface area contributed by atoms with E-state index in [0.717, 1.165) is 0 Å². The Balaban J connectivity index is 2.27. The van der Waals surface area contributed by atoms with Crippen molar-refractivity contribution in [2.75, 3.05) is 0 Å². The van der Waals surface area contributed by atoms with Crippen LogP contribution >= 0.6 is 0 Å². The first-order chi connectivity index (χ1) is 9.10. The average Bonchev–Trinajstić information content (AvgIpc) is 2.70. The van der Waals surface area contributed by atoms with E-state index in [0.29, 0.717) is 12.8 Å². The molecule has 2 atom stereocenters. The van der Waals surface area contributed by atoms with Gasteiger partial charge in [0.25, 0.3) is 15.2 Å². The van der Waals surface area contributed by atoms with Crippen molar-refractivity contribution in [1.82, 2.24) is 14.8 Å². The van der Waals surface area contributed by atoms with Gasteiger partial charge in [0.15, 0.2) is 0 Å². The summed E-state index contributed by atoms with van der Waals surface area (Å²) in [6.45, 7) is 0. The zero-order valence-corrected chi connectivity index (χ0v) is 11.6. The van der Waals surface area contributed by atoms with Crippen LogP contribution in [0.1, 0.15) is 37.4 Å². The lowest BCUT2D eigenvalue weighted by Crippen LogP contribution is -2.29. The SMILES string of the molecule is Cn1c(C2CCCC(C(F)(F)F)C2)nnc1S(N)(=O)=O. The number of primary sulfonamides is 1. The van der Waals surface area contributed by atoms with Crippen molar-refractivity contribution >= 4 is 10.0 Å². The molecule has 1 aliphatic carbocycles. The van der Waals surface area contributed by atoms with Crippen molar-refractivity contribution in [1.29, 1.82) is 0 Å². The number of nitrogens with two attached hydrogens (primary N) is 1. The van der Waals surface area contributed by atoms with Gasteiger partial charge in [0.2, 0.25) is 0 Å². The number of aromatic nitrogens is 3. The van der Waals surface area contributed by atoms with E-state index < -0.39 is 33.2 Å². The van der Waals surface area contributed by atoms with Gasteiger partial charge < -0.3 is 4.57 Å². The molecule has 2 rings (SSSR count). The second-order valence-corrected chi connectivity index (χ2v) is 6.50. The minimum absolute atomic E-state index is 0.0971. The van der Waals surface area contributed by atoms with Crippen LogP contribution in [0.3, 0.4) is 0 Å². The topological polar surface area (TPSA) is 90.9 Å². The van der Waals surface area contributed by atoms with E-state index in [1.165, 1.54) is 11.6 Å². The largest absolute Gasteiger partial charge is 0.391 e. The first kappa shape index (κ1) is 15.2. The van der Waals surface area contributed by atoms with Crippen LogP contribution in [-0.2, 0) is 17.1 Å². The number of nitrogens with zero attached hydrogens (tertiary/aromatic N) is 3. The highest BCUT2D eigenvalue weighted by molar-refractivity contribution is 7.89. The summed E-state index contributed by atoms with van der Waals surface area (Å²) in [6, 6.07) is 0. The lowest BCUT2D eigenvalue weighted by Gasteiger charge is -2.29. The summed E-state index contributed by atoms with van der Waals surface area (Å²) < 4.78 is 62.0. The summed E-state index contributed by atoms with van der Waals surface area (Å²) in [5, 5.41) is 11.7. The van der Waals surface area contributed by atoms with Crippen LogP contribution < -0.4 is 5.14 Å². The molecule has 1 fully saturated rings. The fraction of sp³-hybridized carbons (Fsp3) is 0.800. The van der Waals surface area contributed by atoms with Gasteiger partial charge in [-0.1, -0.05) is 6.42 Å². The van der Waals surface area contributed by atoms with E-state index in [1.54, 1.807) is 0 Å². The van der Waals surface area contributed by atoms with Crippen molar-refractivity contribution in [3.63, 3.8) is 0 Å². The molecular formula is C10H15F3N4O2S. The molecule has 114 valence electrons. The molecular weight excluding hydrogens is 297 g/mol. The Bertz CT molecular complexity index is 596. The van der Waals surface area contributed by atoms with Crippen LogP contribution in [0.15, 0.2) is 5.16 Å². The monoisotopic (exact) mass is 312 g/mol. The Morgan fingerprint density at radius 1 is 1.30 bits per heavy atom. The zero-order chi connectivity index (χ0) is 15.1. The maximum Gasteiger partial charge on any atom is 0.391 e. The lowest BCUT2D eigenvalue weighted by molar-refractivity contribution is -0.183. The highest BCUT2D eigenvalue weighted by Crippen LogP contribution is 2.43. The maximum absolute atomic E-state index is 12.8. The number of halogens is 3. The molecule has 0 spiro atoms. The zero-order valence-electron chi connectivity index (χ0n) is 10.8. The third-order valence-electron chi connectivity index (χ3n) is 3.63. The van der Waals surface area contributed by atoms with E-state index >= 15 is 0 Å². The molecule has 0 aromatic carbocycles. The predicted octanol–water partition coefficient (Wildman–Crippen LogP) is 1.30. The predicted molar refractivity (Wildman–Crippen MR) is 63.1 cm³/mol. The minimum Gasteiger partial charge on any atom is -0.304 e. The summed E-state index contributed by atoms with van der Waals surface area (Å²) in [5.74, 6) is -1.60. The molecule has 20 heavy (non-hydrogen) atoms. The fourth-order valence-electron chi connectivity index (χ4n) is 2.65. The summed E-state index contributed by atoms with van der Waals surface area (Å²) in [7, 11) is -2.63. The molecule has 0 bridgehead atoms. The third kappa shape index (κ3) is 2.95. The van der Waals surface area contributed by atoms with Crippen LogP contribution in [-0.4, -0.2) is 29.4 Å². The molecule has 2 N–H and O–H groups in total. The van der Waals surface area contributed by atoms with Crippen LogP contribution in [0, 0.1) is 5.92 Å². The molecule has 0 amide bonds. The Morgan fingerprint density at radius 2 is 1.95 bits per heavy atom. The molecule has 1 aliphatic rings. The van der Waals surface area contributed by atoms with Gasteiger partial charge >= 0.3 is 6.18 Å². The van der Waals surface area contributed by atoms with Crippen molar-refractivity contribution in [3.8, 4) is 0 Å². The molecule has 0 saturated heterocycles. The maximum atomic E-state index is 12.8. The van der Waals surface area contributed by atoms with Gasteiger partial charge in [0.05, 0.1) is 5.92 Å². The standard InChI is InChI=1S/C10H15F3N4O2S/c1-17-8(15-16-9(17)20(14,18)19)6-3-2-4-7(5-6)10(11,12)13/h6-7H,2-5H2,1H3,(H2,14,18,19). The molecule has 1 aromatic rings. The van der Waals surface area contributed by atoms with E-state index in [-0.39, 0.29) is 18.7 Å². The minimum atomic E-state index is -4.24. The quantitative estimate of drug-likeness (QED) is 0.891. The summed E-state index contributed by atoms with van der Waals surface area (Å²) >= 11 is 0.